The summed E-state index contributed by atoms with van der Waals surface area (Å²) in [5.74, 6) is -0.500. The van der Waals surface area contributed by atoms with Gasteiger partial charge in [-0.05, 0) is 40.5 Å². The van der Waals surface area contributed by atoms with Crippen LogP contribution in [0.2, 0.25) is 0 Å². The lowest BCUT2D eigenvalue weighted by atomic mass is 9.97. The summed E-state index contributed by atoms with van der Waals surface area (Å²) in [5, 5.41) is 6.31. The zero-order valence-corrected chi connectivity index (χ0v) is 20.8. The molecule has 0 saturated carbocycles. The number of rotatable bonds is 8. The quantitative estimate of drug-likeness (QED) is 0.250. The molecule has 0 atom stereocenters. The van der Waals surface area contributed by atoms with E-state index in [0.717, 1.165) is 22.3 Å². The second kappa shape index (κ2) is 11.8. The first-order valence-electron chi connectivity index (χ1n) is 12.6. The Morgan fingerprint density at radius 3 is 0.974 bits per heavy atom. The summed E-state index contributed by atoms with van der Waals surface area (Å²) in [6.45, 7) is 0. The van der Waals surface area contributed by atoms with E-state index in [1.165, 1.54) is 0 Å². The van der Waals surface area contributed by atoms with Gasteiger partial charge in [-0.15, -0.1) is 0 Å². The van der Waals surface area contributed by atoms with Crippen molar-refractivity contribution in [2.24, 2.45) is 0 Å². The molecule has 2 N–H and O–H groups in total. The van der Waals surface area contributed by atoms with Gasteiger partial charge in [-0.25, -0.2) is 0 Å². The smallest absolute Gasteiger partial charge is 0.252 e. The summed E-state index contributed by atoms with van der Waals surface area (Å²) < 4.78 is 0. The predicted octanol–water partition coefficient (Wildman–Crippen LogP) is 6.73. The van der Waals surface area contributed by atoms with Crippen LogP contribution in [-0.2, 0) is 0 Å². The molecule has 0 aliphatic carbocycles. The van der Waals surface area contributed by atoms with Crippen molar-refractivity contribution < 1.29 is 9.59 Å². The van der Waals surface area contributed by atoms with Crippen LogP contribution in [0.15, 0.2) is 146 Å². The highest BCUT2D eigenvalue weighted by Crippen LogP contribution is 2.24. The molecule has 5 rings (SSSR count). The Kier molecular flexibility index (Phi) is 7.71. The van der Waals surface area contributed by atoms with Gasteiger partial charge in [0.05, 0.1) is 12.1 Å². The fourth-order valence-electron chi connectivity index (χ4n) is 4.53. The van der Waals surface area contributed by atoms with Crippen molar-refractivity contribution in [1.82, 2.24) is 10.6 Å². The van der Waals surface area contributed by atoms with E-state index in [1.807, 2.05) is 121 Å². The monoisotopic (exact) mass is 496 g/mol. The summed E-state index contributed by atoms with van der Waals surface area (Å²) in [5.41, 5.74) is 4.77. The number of hydrogen-bond donors (Lipinski definition) is 2. The van der Waals surface area contributed by atoms with Gasteiger partial charge < -0.3 is 10.6 Å². The minimum Gasteiger partial charge on any atom is -0.341 e. The standard InChI is InChI=1S/C34H28N2O2/c37-33(35-31(25-14-5-1-6-15-25)26-16-7-2-8-17-26)29-22-13-23-30(24-29)34(38)36-32(27-18-9-3-10-19-27)28-20-11-4-12-21-28/h1-24,31-32H,(H,35,37)(H,36,38). The Labute approximate surface area is 223 Å². The topological polar surface area (TPSA) is 58.2 Å². The molecule has 0 heterocycles. The van der Waals surface area contributed by atoms with E-state index in [2.05, 4.69) is 10.6 Å². The number of carbonyl (C=O) groups is 2. The molecule has 0 aliphatic rings. The van der Waals surface area contributed by atoms with Crippen LogP contribution in [-0.4, -0.2) is 11.8 Å². The van der Waals surface area contributed by atoms with Gasteiger partial charge in [0.25, 0.3) is 11.8 Å². The number of benzene rings is 5. The summed E-state index contributed by atoms with van der Waals surface area (Å²) >= 11 is 0. The Hall–Kier alpha value is -4.96. The van der Waals surface area contributed by atoms with Crippen molar-refractivity contribution in [2.75, 3.05) is 0 Å². The molecular weight excluding hydrogens is 468 g/mol. The van der Waals surface area contributed by atoms with Crippen molar-refractivity contribution in [3.63, 3.8) is 0 Å². The summed E-state index contributed by atoms with van der Waals surface area (Å²) in [6.07, 6.45) is 0. The highest BCUT2D eigenvalue weighted by atomic mass is 16.2. The molecule has 0 bridgehead atoms. The van der Waals surface area contributed by atoms with Crippen LogP contribution >= 0.6 is 0 Å². The third kappa shape index (κ3) is 5.88. The zero-order valence-electron chi connectivity index (χ0n) is 20.8. The minimum absolute atomic E-state index is 0.250. The lowest BCUT2D eigenvalue weighted by Gasteiger charge is -2.21. The van der Waals surface area contributed by atoms with E-state index < -0.39 is 0 Å². The molecule has 4 nitrogen and oxygen atoms in total. The van der Waals surface area contributed by atoms with Crippen LogP contribution in [0.5, 0.6) is 0 Å². The largest absolute Gasteiger partial charge is 0.341 e. The third-order valence-electron chi connectivity index (χ3n) is 6.47. The SMILES string of the molecule is O=C(NC(c1ccccc1)c1ccccc1)c1cccc(C(=O)NC(c2ccccc2)c2ccccc2)c1. The van der Waals surface area contributed by atoms with E-state index in [-0.39, 0.29) is 23.9 Å². The highest BCUT2D eigenvalue weighted by molar-refractivity contribution is 6.00. The first kappa shape index (κ1) is 24.7. The van der Waals surface area contributed by atoms with Gasteiger partial charge in [-0.2, -0.15) is 0 Å². The van der Waals surface area contributed by atoms with E-state index >= 15 is 0 Å². The second-order valence-corrected chi connectivity index (χ2v) is 9.04. The molecule has 5 aromatic carbocycles. The van der Waals surface area contributed by atoms with Crippen molar-refractivity contribution in [3.05, 3.63) is 179 Å². The van der Waals surface area contributed by atoms with Crippen molar-refractivity contribution >= 4 is 11.8 Å². The molecule has 0 saturated heterocycles. The van der Waals surface area contributed by atoms with Crippen LogP contribution in [0, 0.1) is 0 Å². The van der Waals surface area contributed by atoms with Crippen LogP contribution in [0.3, 0.4) is 0 Å². The molecule has 38 heavy (non-hydrogen) atoms. The number of hydrogen-bond acceptors (Lipinski definition) is 2. The predicted molar refractivity (Wildman–Crippen MR) is 151 cm³/mol. The van der Waals surface area contributed by atoms with Crippen LogP contribution < -0.4 is 10.6 Å². The zero-order chi connectivity index (χ0) is 26.2. The van der Waals surface area contributed by atoms with Crippen molar-refractivity contribution in [1.29, 1.82) is 0 Å². The van der Waals surface area contributed by atoms with Gasteiger partial charge in [0.2, 0.25) is 0 Å². The fourth-order valence-corrected chi connectivity index (χ4v) is 4.53. The molecule has 0 unspecified atom stereocenters. The Bertz CT molecular complexity index is 1300. The lowest BCUT2D eigenvalue weighted by molar-refractivity contribution is 0.0942. The molecule has 0 radical (unpaired) electrons. The molecule has 5 aromatic rings. The molecular formula is C34H28N2O2. The first-order valence-corrected chi connectivity index (χ1v) is 12.6. The summed E-state index contributed by atoms with van der Waals surface area (Å²) in [4.78, 5) is 26.8. The fraction of sp³-hybridized carbons (Fsp3) is 0.0588. The number of carbonyl (C=O) groups excluding carboxylic acids is 2. The van der Waals surface area contributed by atoms with Crippen LogP contribution in [0.4, 0.5) is 0 Å². The van der Waals surface area contributed by atoms with Crippen LogP contribution in [0.1, 0.15) is 55.1 Å². The van der Waals surface area contributed by atoms with Gasteiger partial charge in [-0.3, -0.25) is 9.59 Å². The van der Waals surface area contributed by atoms with Crippen molar-refractivity contribution in [2.45, 2.75) is 12.1 Å². The highest BCUT2D eigenvalue weighted by Gasteiger charge is 2.20. The molecule has 0 aromatic heterocycles. The van der Waals surface area contributed by atoms with E-state index in [1.54, 1.807) is 24.3 Å². The van der Waals surface area contributed by atoms with Gasteiger partial charge in [0.1, 0.15) is 0 Å². The maximum atomic E-state index is 13.4. The van der Waals surface area contributed by atoms with Gasteiger partial charge in [0.15, 0.2) is 0 Å². The average Bonchev–Trinajstić information content (AvgIpc) is 3.00. The Balaban J connectivity index is 1.38. The van der Waals surface area contributed by atoms with Crippen molar-refractivity contribution in [3.8, 4) is 0 Å². The number of amides is 2. The third-order valence-corrected chi connectivity index (χ3v) is 6.47. The molecule has 0 spiro atoms. The van der Waals surface area contributed by atoms with E-state index in [9.17, 15) is 9.59 Å². The Morgan fingerprint density at radius 2 is 0.684 bits per heavy atom. The van der Waals surface area contributed by atoms with Gasteiger partial charge >= 0.3 is 0 Å². The molecule has 2 amide bonds. The maximum absolute atomic E-state index is 13.4. The Morgan fingerprint density at radius 1 is 0.395 bits per heavy atom. The molecule has 186 valence electrons. The van der Waals surface area contributed by atoms with Gasteiger partial charge in [0, 0.05) is 11.1 Å². The van der Waals surface area contributed by atoms with Gasteiger partial charge in [-0.1, -0.05) is 127 Å². The van der Waals surface area contributed by atoms with E-state index in [0.29, 0.717) is 11.1 Å². The first-order chi connectivity index (χ1) is 18.7. The van der Waals surface area contributed by atoms with Crippen LogP contribution in [0.25, 0.3) is 0 Å². The van der Waals surface area contributed by atoms with E-state index in [4.69, 9.17) is 0 Å². The average molecular weight is 497 g/mol. The number of nitrogens with one attached hydrogen (secondary N) is 2. The lowest BCUT2D eigenvalue weighted by Crippen LogP contribution is -2.31. The molecule has 4 heteroatoms. The maximum Gasteiger partial charge on any atom is 0.252 e. The molecule has 0 fully saturated rings. The summed E-state index contributed by atoms with van der Waals surface area (Å²) in [7, 11) is 0. The minimum atomic E-state index is -0.317. The normalized spacial score (nSPS) is 10.8. The molecule has 0 aliphatic heterocycles. The summed E-state index contributed by atoms with van der Waals surface area (Å²) in [6, 6.07) is 45.6. The second-order valence-electron chi connectivity index (χ2n) is 9.04.